The Balaban J connectivity index is 1.44. The maximum Gasteiger partial charge on any atom is 0.273 e. The van der Waals surface area contributed by atoms with Crippen molar-refractivity contribution in [3.63, 3.8) is 0 Å². The molecule has 0 bridgehead atoms. The molecule has 1 N–H and O–H groups in total. The summed E-state index contributed by atoms with van der Waals surface area (Å²) in [5, 5.41) is 17.3. The number of nitrogens with zero attached hydrogens (tertiary/aromatic N) is 2. The zero-order valence-corrected chi connectivity index (χ0v) is 19.2. The molecule has 8 heteroatoms. The second-order valence-corrected chi connectivity index (χ2v) is 7.74. The van der Waals surface area contributed by atoms with Gasteiger partial charge in [0.2, 0.25) is 0 Å². The van der Waals surface area contributed by atoms with E-state index in [2.05, 4.69) is 28.7 Å². The van der Waals surface area contributed by atoms with Crippen LogP contribution in [-0.4, -0.2) is 24.2 Å². The third-order valence-electron chi connectivity index (χ3n) is 5.58. The molecule has 0 aromatic heterocycles. The molecular formula is C27H23N3O5. The van der Waals surface area contributed by atoms with Gasteiger partial charge in [-0.1, -0.05) is 48.5 Å². The van der Waals surface area contributed by atoms with Crippen molar-refractivity contribution < 1.29 is 19.2 Å². The minimum Gasteiger partial charge on any atom is -0.493 e. The third kappa shape index (κ3) is 5.27. The summed E-state index contributed by atoms with van der Waals surface area (Å²) >= 11 is 0. The molecule has 0 saturated heterocycles. The van der Waals surface area contributed by atoms with Crippen LogP contribution in [0.1, 0.15) is 27.0 Å². The van der Waals surface area contributed by atoms with Gasteiger partial charge in [-0.05, 0) is 53.1 Å². The van der Waals surface area contributed by atoms with Crippen LogP contribution in [0.2, 0.25) is 0 Å². The average molecular weight is 469 g/mol. The van der Waals surface area contributed by atoms with Gasteiger partial charge in [0.05, 0.1) is 23.8 Å². The number of nitro groups is 1. The Morgan fingerprint density at radius 1 is 1.03 bits per heavy atom. The fourth-order valence-electron chi connectivity index (χ4n) is 3.75. The summed E-state index contributed by atoms with van der Waals surface area (Å²) in [6.45, 7) is 1.91. The quantitative estimate of drug-likeness (QED) is 0.211. The van der Waals surface area contributed by atoms with Crippen molar-refractivity contribution in [2.45, 2.75) is 13.5 Å². The van der Waals surface area contributed by atoms with Gasteiger partial charge < -0.3 is 9.47 Å². The lowest BCUT2D eigenvalue weighted by Crippen LogP contribution is -2.19. The van der Waals surface area contributed by atoms with Crippen LogP contribution in [0.5, 0.6) is 11.5 Å². The number of carbonyl (C=O) groups is 1. The zero-order chi connectivity index (χ0) is 24.8. The van der Waals surface area contributed by atoms with Crippen molar-refractivity contribution in [2.24, 2.45) is 5.10 Å². The van der Waals surface area contributed by atoms with Gasteiger partial charge in [0.25, 0.3) is 11.6 Å². The van der Waals surface area contributed by atoms with Gasteiger partial charge in [-0.2, -0.15) is 5.10 Å². The van der Waals surface area contributed by atoms with Crippen LogP contribution in [0.25, 0.3) is 10.8 Å². The van der Waals surface area contributed by atoms with E-state index in [0.717, 1.165) is 16.3 Å². The highest BCUT2D eigenvalue weighted by atomic mass is 16.6. The highest BCUT2D eigenvalue weighted by Crippen LogP contribution is 2.29. The molecule has 4 rings (SSSR count). The first-order valence-corrected chi connectivity index (χ1v) is 10.8. The van der Waals surface area contributed by atoms with E-state index in [-0.39, 0.29) is 16.8 Å². The Morgan fingerprint density at radius 3 is 2.60 bits per heavy atom. The lowest BCUT2D eigenvalue weighted by Gasteiger charge is -2.12. The summed E-state index contributed by atoms with van der Waals surface area (Å²) < 4.78 is 11.5. The van der Waals surface area contributed by atoms with Crippen molar-refractivity contribution in [1.29, 1.82) is 0 Å². The summed E-state index contributed by atoms with van der Waals surface area (Å²) in [5.41, 5.74) is 4.49. The predicted molar refractivity (Wildman–Crippen MR) is 134 cm³/mol. The molecule has 0 heterocycles. The number of hydrogen-bond acceptors (Lipinski definition) is 6. The van der Waals surface area contributed by atoms with Gasteiger partial charge in [0.15, 0.2) is 11.5 Å². The molecule has 1 amide bonds. The molecule has 4 aromatic carbocycles. The fraction of sp³-hybridized carbons (Fsp3) is 0.111. The normalized spacial score (nSPS) is 10.9. The number of benzene rings is 4. The van der Waals surface area contributed by atoms with Crippen molar-refractivity contribution in [3.8, 4) is 11.5 Å². The minimum absolute atomic E-state index is 0.120. The van der Waals surface area contributed by atoms with Crippen LogP contribution in [0.4, 0.5) is 5.69 Å². The Labute approximate surface area is 202 Å². The summed E-state index contributed by atoms with van der Waals surface area (Å²) in [4.78, 5) is 23.0. The largest absolute Gasteiger partial charge is 0.493 e. The second-order valence-electron chi connectivity index (χ2n) is 7.74. The Bertz CT molecular complexity index is 1430. The summed E-state index contributed by atoms with van der Waals surface area (Å²) in [6, 6.07) is 23.9. The number of amides is 1. The second kappa shape index (κ2) is 10.5. The van der Waals surface area contributed by atoms with Gasteiger partial charge in [0, 0.05) is 11.6 Å². The molecule has 0 aliphatic carbocycles. The highest BCUT2D eigenvalue weighted by Gasteiger charge is 2.17. The molecular weight excluding hydrogens is 446 g/mol. The predicted octanol–water partition coefficient (Wildman–Crippen LogP) is 5.41. The Kier molecular flexibility index (Phi) is 7.02. The first-order valence-electron chi connectivity index (χ1n) is 10.8. The van der Waals surface area contributed by atoms with E-state index in [4.69, 9.17) is 9.47 Å². The van der Waals surface area contributed by atoms with Crippen LogP contribution < -0.4 is 14.9 Å². The molecule has 0 spiro atoms. The topological polar surface area (TPSA) is 103 Å². The SMILES string of the molecule is COc1cc(/C=N/NC(=O)c2cccc([N+](=O)[O-])c2C)ccc1OCc1cccc2ccccc12. The van der Waals surface area contributed by atoms with Crippen LogP contribution >= 0.6 is 0 Å². The number of nitrogens with one attached hydrogen (secondary N) is 1. The van der Waals surface area contributed by atoms with E-state index in [1.54, 1.807) is 25.3 Å². The van der Waals surface area contributed by atoms with Crippen LogP contribution in [0.15, 0.2) is 84.0 Å². The number of hydrazone groups is 1. The third-order valence-corrected chi connectivity index (χ3v) is 5.58. The van der Waals surface area contributed by atoms with Crippen molar-refractivity contribution >= 4 is 28.6 Å². The lowest BCUT2D eigenvalue weighted by atomic mass is 10.1. The smallest absolute Gasteiger partial charge is 0.273 e. The first-order chi connectivity index (χ1) is 17.0. The van der Waals surface area contributed by atoms with Gasteiger partial charge in [-0.3, -0.25) is 14.9 Å². The van der Waals surface area contributed by atoms with E-state index in [0.29, 0.717) is 23.7 Å². The molecule has 0 aliphatic heterocycles. The van der Waals surface area contributed by atoms with Crippen molar-refractivity contribution in [3.05, 3.63) is 111 Å². The number of ether oxygens (including phenoxy) is 2. The molecule has 176 valence electrons. The molecule has 0 atom stereocenters. The van der Waals surface area contributed by atoms with E-state index in [1.807, 2.05) is 24.3 Å². The molecule has 0 radical (unpaired) electrons. The summed E-state index contributed by atoms with van der Waals surface area (Å²) in [6.07, 6.45) is 1.46. The Morgan fingerprint density at radius 2 is 1.80 bits per heavy atom. The summed E-state index contributed by atoms with van der Waals surface area (Å²) in [7, 11) is 1.55. The first kappa shape index (κ1) is 23.4. The molecule has 0 saturated carbocycles. The monoisotopic (exact) mass is 469 g/mol. The van der Waals surface area contributed by atoms with Gasteiger partial charge in [0.1, 0.15) is 6.61 Å². The summed E-state index contributed by atoms with van der Waals surface area (Å²) in [5.74, 6) is 0.563. The maximum atomic E-state index is 12.4. The minimum atomic E-state index is -0.538. The maximum absolute atomic E-state index is 12.4. The van der Waals surface area contributed by atoms with Crippen LogP contribution in [0.3, 0.4) is 0 Å². The lowest BCUT2D eigenvalue weighted by molar-refractivity contribution is -0.385. The standard InChI is InChI=1S/C27H23N3O5/c1-18-22(11-6-12-24(18)30(32)33)27(31)29-28-16-19-13-14-25(26(15-19)34-2)35-17-21-9-5-8-20-7-3-4-10-23(20)21/h3-16H,17H2,1-2H3,(H,29,31)/b28-16+. The number of hydrogen-bond donors (Lipinski definition) is 1. The number of fused-ring (bicyclic) bond motifs is 1. The van der Waals surface area contributed by atoms with E-state index in [9.17, 15) is 14.9 Å². The Hall–Kier alpha value is -4.72. The number of rotatable bonds is 8. The molecule has 8 nitrogen and oxygen atoms in total. The number of carbonyl (C=O) groups excluding carboxylic acids is 1. The molecule has 35 heavy (non-hydrogen) atoms. The van der Waals surface area contributed by atoms with Gasteiger partial charge >= 0.3 is 0 Å². The van der Waals surface area contributed by atoms with Gasteiger partial charge in [-0.25, -0.2) is 5.43 Å². The van der Waals surface area contributed by atoms with Crippen molar-refractivity contribution in [1.82, 2.24) is 5.43 Å². The van der Waals surface area contributed by atoms with Gasteiger partial charge in [-0.15, -0.1) is 0 Å². The molecule has 0 aliphatic rings. The van der Waals surface area contributed by atoms with E-state index < -0.39 is 10.8 Å². The number of nitro benzene ring substituents is 1. The van der Waals surface area contributed by atoms with Crippen LogP contribution in [0, 0.1) is 17.0 Å². The number of methoxy groups -OCH3 is 1. The zero-order valence-electron chi connectivity index (χ0n) is 19.2. The molecule has 4 aromatic rings. The fourth-order valence-corrected chi connectivity index (χ4v) is 3.75. The molecule has 0 unspecified atom stereocenters. The highest BCUT2D eigenvalue weighted by molar-refractivity contribution is 5.97. The van der Waals surface area contributed by atoms with Crippen LogP contribution in [-0.2, 0) is 6.61 Å². The molecule has 0 fully saturated rings. The van der Waals surface area contributed by atoms with Crippen molar-refractivity contribution in [2.75, 3.05) is 7.11 Å². The van der Waals surface area contributed by atoms with E-state index >= 15 is 0 Å². The van der Waals surface area contributed by atoms with E-state index in [1.165, 1.54) is 31.3 Å². The average Bonchev–Trinajstić information content (AvgIpc) is 2.87.